The molecule has 0 rings (SSSR count). The van der Waals surface area contributed by atoms with Crippen LogP contribution in [0.5, 0.6) is 0 Å². The van der Waals surface area contributed by atoms with Gasteiger partial charge in [0.2, 0.25) is 0 Å². The monoisotopic (exact) mass is 340 g/mol. The first-order valence-corrected chi connectivity index (χ1v) is 7.64. The minimum absolute atomic E-state index is 0.121. The summed E-state index contributed by atoms with van der Waals surface area (Å²) >= 11 is 0. The summed E-state index contributed by atoms with van der Waals surface area (Å²) in [5, 5.41) is 16.8. The molecule has 0 aliphatic rings. The van der Waals surface area contributed by atoms with Crippen molar-refractivity contribution in [1.29, 1.82) is 0 Å². The second-order valence-electron chi connectivity index (χ2n) is 2.98. The van der Waals surface area contributed by atoms with Gasteiger partial charge in [-0.1, -0.05) is 0 Å². The van der Waals surface area contributed by atoms with Gasteiger partial charge in [0.25, 0.3) is 0 Å². The molecule has 0 amide bonds. The fourth-order valence-electron chi connectivity index (χ4n) is 0.425. The van der Waals surface area contributed by atoms with E-state index in [9.17, 15) is 18.7 Å². The van der Waals surface area contributed by atoms with Gasteiger partial charge >= 0.3 is 15.6 Å². The molecule has 0 unspecified atom stereocenters. The van der Waals surface area contributed by atoms with E-state index >= 15 is 0 Å². The normalized spacial score (nSPS) is 14.7. The summed E-state index contributed by atoms with van der Waals surface area (Å²) in [7, 11) is -9.10. The molecule has 0 heterocycles. The molecular weight excluding hydrogens is 326 g/mol. The van der Waals surface area contributed by atoms with Crippen molar-refractivity contribution in [2.24, 2.45) is 0 Å². The molecule has 0 aromatic heterocycles. The number of rotatable bonds is 8. The highest BCUT2D eigenvalue weighted by Gasteiger charge is 2.16. The molecule has 14 heteroatoms. The Morgan fingerprint density at radius 1 is 0.800 bits per heavy atom. The van der Waals surface area contributed by atoms with E-state index in [0.29, 0.717) is 0 Å². The Bertz CT molecular complexity index is 334. The predicted octanol–water partition coefficient (Wildman–Crippen LogP) is -2.69. The molecule has 0 aliphatic heterocycles. The van der Waals surface area contributed by atoms with Crippen LogP contribution in [0.25, 0.3) is 0 Å². The summed E-state index contributed by atoms with van der Waals surface area (Å²) in [4.78, 5) is 51.4. The number of aldehydes is 2. The molecule has 2 atom stereocenters. The molecular formula is C6H14O12P2. The molecule has 20 heavy (non-hydrogen) atoms. The van der Waals surface area contributed by atoms with Gasteiger partial charge in [-0.05, 0) is 0 Å². The van der Waals surface area contributed by atoms with Crippen molar-refractivity contribution in [2.75, 3.05) is 13.2 Å². The van der Waals surface area contributed by atoms with Crippen molar-refractivity contribution in [2.45, 2.75) is 12.2 Å². The minimum atomic E-state index is -4.55. The molecule has 0 fully saturated rings. The van der Waals surface area contributed by atoms with Gasteiger partial charge in [-0.25, -0.2) is 9.13 Å². The number of carbonyl (C=O) groups is 2. The van der Waals surface area contributed by atoms with Crippen LogP contribution < -0.4 is 0 Å². The summed E-state index contributed by atoms with van der Waals surface area (Å²) in [6.45, 7) is -1.37. The number of phosphoric ester groups is 2. The quantitative estimate of drug-likeness (QED) is 0.197. The first kappa shape index (κ1) is 21.8. The first-order chi connectivity index (χ1) is 8.91. The fraction of sp³-hybridized carbons (Fsp3) is 0.667. The van der Waals surface area contributed by atoms with Crippen LogP contribution in [-0.2, 0) is 27.8 Å². The van der Waals surface area contributed by atoms with Crippen molar-refractivity contribution in [1.82, 2.24) is 0 Å². The van der Waals surface area contributed by atoms with Crippen molar-refractivity contribution < 1.29 is 57.6 Å². The van der Waals surface area contributed by atoms with Crippen molar-refractivity contribution in [3.8, 4) is 0 Å². The number of hydrogen-bond donors (Lipinski definition) is 6. The second-order valence-corrected chi connectivity index (χ2v) is 5.46. The van der Waals surface area contributed by atoms with Crippen LogP contribution in [-0.4, -0.2) is 67.8 Å². The molecule has 0 radical (unpaired) electrons. The maximum absolute atomic E-state index is 9.90. The Balaban J connectivity index is 0. The van der Waals surface area contributed by atoms with Crippen molar-refractivity contribution in [3.63, 3.8) is 0 Å². The lowest BCUT2D eigenvalue weighted by atomic mass is 10.4. The van der Waals surface area contributed by atoms with Gasteiger partial charge in [0.1, 0.15) is 12.2 Å². The maximum atomic E-state index is 9.90. The number of aliphatic hydroxyl groups excluding tert-OH is 2. The van der Waals surface area contributed by atoms with E-state index in [1.165, 1.54) is 0 Å². The third-order valence-corrected chi connectivity index (χ3v) is 2.11. The van der Waals surface area contributed by atoms with Crippen LogP contribution in [0.2, 0.25) is 0 Å². The van der Waals surface area contributed by atoms with Gasteiger partial charge in [-0.15, -0.1) is 0 Å². The summed E-state index contributed by atoms with van der Waals surface area (Å²) in [6, 6.07) is 0. The van der Waals surface area contributed by atoms with E-state index in [0.717, 1.165) is 0 Å². The summed E-state index contributed by atoms with van der Waals surface area (Å²) in [6.07, 6.45) is -2.72. The average Bonchev–Trinajstić information content (AvgIpc) is 2.31. The molecule has 12 nitrogen and oxygen atoms in total. The van der Waals surface area contributed by atoms with Gasteiger partial charge in [0.05, 0.1) is 13.2 Å². The maximum Gasteiger partial charge on any atom is 0.469 e. The summed E-state index contributed by atoms with van der Waals surface area (Å²) in [5.74, 6) is 0. The third kappa shape index (κ3) is 19.8. The zero-order chi connectivity index (χ0) is 16.4. The second kappa shape index (κ2) is 10.2. The van der Waals surface area contributed by atoms with Gasteiger partial charge in [0.15, 0.2) is 12.6 Å². The molecule has 6 N–H and O–H groups in total. The molecule has 0 saturated heterocycles. The predicted molar refractivity (Wildman–Crippen MR) is 60.1 cm³/mol. The Kier molecular flexibility index (Phi) is 11.1. The van der Waals surface area contributed by atoms with Crippen LogP contribution >= 0.6 is 15.6 Å². The highest BCUT2D eigenvalue weighted by atomic mass is 31.2. The van der Waals surface area contributed by atoms with E-state index in [1.54, 1.807) is 0 Å². The highest BCUT2D eigenvalue weighted by Crippen LogP contribution is 2.35. The Morgan fingerprint density at radius 2 is 1.05 bits per heavy atom. The first-order valence-electron chi connectivity index (χ1n) is 4.58. The lowest BCUT2D eigenvalue weighted by Crippen LogP contribution is -2.15. The van der Waals surface area contributed by atoms with Crippen LogP contribution in [0.1, 0.15) is 0 Å². The fourth-order valence-corrected chi connectivity index (χ4v) is 1.12. The zero-order valence-electron chi connectivity index (χ0n) is 9.75. The Morgan fingerprint density at radius 3 is 1.20 bits per heavy atom. The van der Waals surface area contributed by atoms with Gasteiger partial charge < -0.3 is 39.4 Å². The zero-order valence-corrected chi connectivity index (χ0v) is 11.5. The molecule has 0 aliphatic carbocycles. The molecule has 0 aromatic rings. The minimum Gasteiger partial charge on any atom is -0.383 e. The number of carbonyl (C=O) groups excluding carboxylic acids is 2. The summed E-state index contributed by atoms with van der Waals surface area (Å²) < 4.78 is 27.3. The lowest BCUT2D eigenvalue weighted by molar-refractivity contribution is -0.116. The third-order valence-electron chi connectivity index (χ3n) is 1.14. The van der Waals surface area contributed by atoms with Crippen LogP contribution in [0.3, 0.4) is 0 Å². The SMILES string of the molecule is O=C[C@H](O)COP(=O)(O)O.O=C[C@H](O)COP(=O)(O)O. The highest BCUT2D eigenvalue weighted by molar-refractivity contribution is 7.46. The molecule has 0 bridgehead atoms. The van der Waals surface area contributed by atoms with Gasteiger partial charge in [-0.2, -0.15) is 0 Å². The Labute approximate surface area is 112 Å². The lowest BCUT2D eigenvalue weighted by Gasteiger charge is -2.04. The van der Waals surface area contributed by atoms with E-state index in [1.807, 2.05) is 0 Å². The molecule has 0 spiro atoms. The van der Waals surface area contributed by atoms with E-state index in [2.05, 4.69) is 9.05 Å². The average molecular weight is 340 g/mol. The molecule has 0 aromatic carbocycles. The van der Waals surface area contributed by atoms with Crippen LogP contribution in [0.4, 0.5) is 0 Å². The van der Waals surface area contributed by atoms with Gasteiger partial charge in [-0.3, -0.25) is 9.05 Å². The van der Waals surface area contributed by atoms with Crippen LogP contribution in [0.15, 0.2) is 0 Å². The Hall–Kier alpha value is -0.520. The number of phosphoric acid groups is 2. The molecule has 120 valence electrons. The topological polar surface area (TPSA) is 208 Å². The van der Waals surface area contributed by atoms with Crippen LogP contribution in [0, 0.1) is 0 Å². The van der Waals surface area contributed by atoms with E-state index < -0.39 is 41.1 Å². The molecule has 0 saturated carbocycles. The van der Waals surface area contributed by atoms with Gasteiger partial charge in [0, 0.05) is 0 Å². The smallest absolute Gasteiger partial charge is 0.383 e. The van der Waals surface area contributed by atoms with Crippen molar-refractivity contribution >= 4 is 28.2 Å². The summed E-state index contributed by atoms with van der Waals surface area (Å²) in [5.41, 5.74) is 0. The van der Waals surface area contributed by atoms with E-state index in [4.69, 9.17) is 29.8 Å². The standard InChI is InChI=1S/2C3H7O6P/c2*4-1-3(5)2-9-10(6,7)8/h2*1,3,5H,2H2,(H2,6,7,8)/t2*3-/m00/s1. The number of aliphatic hydroxyl groups is 2. The number of hydrogen-bond acceptors (Lipinski definition) is 8. The largest absolute Gasteiger partial charge is 0.469 e. The van der Waals surface area contributed by atoms with E-state index in [-0.39, 0.29) is 12.6 Å². The van der Waals surface area contributed by atoms with Crippen molar-refractivity contribution in [3.05, 3.63) is 0 Å².